The average molecular weight is 209 g/mol. The van der Waals surface area contributed by atoms with Crippen LogP contribution in [0.5, 0.6) is 5.75 Å². The lowest BCUT2D eigenvalue weighted by atomic mass is 10.0. The number of hydrogen-bond acceptors (Lipinski definition) is 3. The Labute approximate surface area is 91.2 Å². The summed E-state index contributed by atoms with van der Waals surface area (Å²) in [5, 5.41) is 0. The summed E-state index contributed by atoms with van der Waals surface area (Å²) in [5.74, 6) is 0.851. The fourth-order valence-electron chi connectivity index (χ4n) is 1.54. The Hall–Kier alpha value is -1.06. The largest absolute Gasteiger partial charge is 0.496 e. The summed E-state index contributed by atoms with van der Waals surface area (Å²) in [6.07, 6.45) is 0.802. The van der Waals surface area contributed by atoms with Crippen molar-refractivity contribution < 1.29 is 9.47 Å². The van der Waals surface area contributed by atoms with Crippen molar-refractivity contribution >= 4 is 0 Å². The van der Waals surface area contributed by atoms with Gasteiger partial charge in [-0.3, -0.25) is 0 Å². The number of hydrogen-bond donors (Lipinski definition) is 1. The van der Waals surface area contributed by atoms with Crippen LogP contribution in [-0.2, 0) is 4.74 Å². The maximum absolute atomic E-state index is 6.07. The molecule has 0 amide bonds. The van der Waals surface area contributed by atoms with Gasteiger partial charge in [-0.05, 0) is 19.4 Å². The molecule has 0 bridgehead atoms. The van der Waals surface area contributed by atoms with E-state index >= 15 is 0 Å². The first-order valence-corrected chi connectivity index (χ1v) is 5.08. The number of aryl methyl sites for hydroxylation is 1. The Bertz CT molecular complexity index is 312. The second kappa shape index (κ2) is 5.73. The predicted octanol–water partition coefficient (Wildman–Crippen LogP) is 2.04. The third kappa shape index (κ3) is 3.22. The molecule has 0 aliphatic rings. The molecule has 1 atom stereocenters. The predicted molar refractivity (Wildman–Crippen MR) is 61.2 cm³/mol. The molecule has 1 aromatic carbocycles. The van der Waals surface area contributed by atoms with Crippen LogP contribution in [0.25, 0.3) is 0 Å². The van der Waals surface area contributed by atoms with Gasteiger partial charge >= 0.3 is 0 Å². The summed E-state index contributed by atoms with van der Waals surface area (Å²) in [6, 6.07) is 6.02. The van der Waals surface area contributed by atoms with E-state index in [1.165, 1.54) is 5.56 Å². The Morgan fingerprint density at radius 3 is 2.67 bits per heavy atom. The zero-order valence-corrected chi connectivity index (χ0v) is 9.62. The first-order valence-electron chi connectivity index (χ1n) is 5.08. The van der Waals surface area contributed by atoms with E-state index in [1.807, 2.05) is 19.1 Å². The lowest BCUT2D eigenvalue weighted by Gasteiger charge is -2.15. The van der Waals surface area contributed by atoms with E-state index in [9.17, 15) is 0 Å². The monoisotopic (exact) mass is 209 g/mol. The van der Waals surface area contributed by atoms with Gasteiger partial charge in [0.25, 0.3) is 0 Å². The summed E-state index contributed by atoms with van der Waals surface area (Å²) in [7, 11) is 3.34. The fraction of sp³-hybridized carbons (Fsp3) is 0.500. The molecule has 0 saturated carbocycles. The van der Waals surface area contributed by atoms with Crippen molar-refractivity contribution in [3.8, 4) is 5.75 Å². The van der Waals surface area contributed by atoms with Crippen LogP contribution in [-0.4, -0.2) is 20.8 Å². The molecular weight excluding hydrogens is 190 g/mol. The van der Waals surface area contributed by atoms with Crippen LogP contribution in [0.3, 0.4) is 0 Å². The van der Waals surface area contributed by atoms with Gasteiger partial charge in [0.1, 0.15) is 5.75 Å². The molecule has 2 N–H and O–H groups in total. The lowest BCUT2D eigenvalue weighted by Crippen LogP contribution is -2.14. The SMILES string of the molecule is COCCC(N)c1cc(C)ccc1OC. The van der Waals surface area contributed by atoms with Crippen molar-refractivity contribution in [3.05, 3.63) is 29.3 Å². The second-order valence-electron chi connectivity index (χ2n) is 3.63. The van der Waals surface area contributed by atoms with Crippen LogP contribution < -0.4 is 10.5 Å². The fourth-order valence-corrected chi connectivity index (χ4v) is 1.54. The Balaban J connectivity index is 2.85. The molecule has 1 rings (SSSR count). The summed E-state index contributed by atoms with van der Waals surface area (Å²) in [5.41, 5.74) is 8.31. The normalized spacial score (nSPS) is 12.5. The van der Waals surface area contributed by atoms with E-state index < -0.39 is 0 Å². The van der Waals surface area contributed by atoms with E-state index in [-0.39, 0.29) is 6.04 Å². The van der Waals surface area contributed by atoms with Gasteiger partial charge < -0.3 is 15.2 Å². The number of benzene rings is 1. The highest BCUT2D eigenvalue weighted by Gasteiger charge is 2.11. The highest BCUT2D eigenvalue weighted by atomic mass is 16.5. The van der Waals surface area contributed by atoms with E-state index in [1.54, 1.807) is 14.2 Å². The minimum absolute atomic E-state index is 0.0280. The Kier molecular flexibility index (Phi) is 4.59. The molecule has 0 radical (unpaired) electrons. The number of rotatable bonds is 5. The van der Waals surface area contributed by atoms with Gasteiger partial charge in [-0.2, -0.15) is 0 Å². The zero-order valence-electron chi connectivity index (χ0n) is 9.62. The van der Waals surface area contributed by atoms with Crippen molar-refractivity contribution in [2.75, 3.05) is 20.8 Å². The van der Waals surface area contributed by atoms with Gasteiger partial charge in [0.05, 0.1) is 7.11 Å². The highest BCUT2D eigenvalue weighted by Crippen LogP contribution is 2.26. The lowest BCUT2D eigenvalue weighted by molar-refractivity contribution is 0.187. The van der Waals surface area contributed by atoms with Crippen LogP contribution in [0.1, 0.15) is 23.6 Å². The van der Waals surface area contributed by atoms with Gasteiger partial charge in [-0.25, -0.2) is 0 Å². The van der Waals surface area contributed by atoms with E-state index in [2.05, 4.69) is 6.07 Å². The van der Waals surface area contributed by atoms with Crippen molar-refractivity contribution in [2.45, 2.75) is 19.4 Å². The molecule has 3 heteroatoms. The standard InChI is InChI=1S/C12H19NO2/c1-9-4-5-12(15-3)10(8-9)11(13)6-7-14-2/h4-5,8,11H,6-7,13H2,1-3H3. The van der Waals surface area contributed by atoms with Gasteiger partial charge in [0, 0.05) is 25.3 Å². The minimum Gasteiger partial charge on any atom is -0.496 e. The molecule has 84 valence electrons. The maximum Gasteiger partial charge on any atom is 0.123 e. The molecule has 0 fully saturated rings. The Morgan fingerprint density at radius 1 is 1.33 bits per heavy atom. The van der Waals surface area contributed by atoms with Crippen molar-refractivity contribution in [3.63, 3.8) is 0 Å². The summed E-state index contributed by atoms with van der Waals surface area (Å²) in [4.78, 5) is 0. The molecule has 0 aromatic heterocycles. The van der Waals surface area contributed by atoms with Crippen LogP contribution >= 0.6 is 0 Å². The average Bonchev–Trinajstić information content (AvgIpc) is 2.25. The molecule has 0 heterocycles. The van der Waals surface area contributed by atoms with E-state index in [0.29, 0.717) is 6.61 Å². The summed E-state index contributed by atoms with van der Waals surface area (Å²) in [6.45, 7) is 2.71. The summed E-state index contributed by atoms with van der Waals surface area (Å²) < 4.78 is 10.3. The second-order valence-corrected chi connectivity index (χ2v) is 3.63. The van der Waals surface area contributed by atoms with Gasteiger partial charge in [0.15, 0.2) is 0 Å². The quantitative estimate of drug-likeness (QED) is 0.807. The molecule has 0 aliphatic carbocycles. The molecule has 0 saturated heterocycles. The van der Waals surface area contributed by atoms with E-state index in [0.717, 1.165) is 17.7 Å². The minimum atomic E-state index is -0.0280. The molecular formula is C12H19NO2. The highest BCUT2D eigenvalue weighted by molar-refractivity contribution is 5.38. The number of methoxy groups -OCH3 is 2. The first kappa shape index (κ1) is 12.0. The smallest absolute Gasteiger partial charge is 0.123 e. The third-order valence-corrected chi connectivity index (χ3v) is 2.42. The summed E-state index contributed by atoms with van der Waals surface area (Å²) >= 11 is 0. The van der Waals surface area contributed by atoms with Crippen LogP contribution in [0, 0.1) is 6.92 Å². The van der Waals surface area contributed by atoms with Crippen molar-refractivity contribution in [1.29, 1.82) is 0 Å². The van der Waals surface area contributed by atoms with Gasteiger partial charge in [0.2, 0.25) is 0 Å². The molecule has 15 heavy (non-hydrogen) atoms. The third-order valence-electron chi connectivity index (χ3n) is 2.42. The molecule has 0 spiro atoms. The van der Waals surface area contributed by atoms with Crippen molar-refractivity contribution in [2.24, 2.45) is 5.73 Å². The van der Waals surface area contributed by atoms with Crippen molar-refractivity contribution in [1.82, 2.24) is 0 Å². The van der Waals surface area contributed by atoms with Crippen LogP contribution in [0.4, 0.5) is 0 Å². The molecule has 1 unspecified atom stereocenters. The van der Waals surface area contributed by atoms with Crippen LogP contribution in [0.2, 0.25) is 0 Å². The Morgan fingerprint density at radius 2 is 2.07 bits per heavy atom. The maximum atomic E-state index is 6.07. The van der Waals surface area contributed by atoms with Crippen LogP contribution in [0.15, 0.2) is 18.2 Å². The number of nitrogens with two attached hydrogens (primary N) is 1. The first-order chi connectivity index (χ1) is 7.19. The number of ether oxygens (including phenoxy) is 2. The van der Waals surface area contributed by atoms with Gasteiger partial charge in [-0.1, -0.05) is 17.7 Å². The molecule has 1 aromatic rings. The van der Waals surface area contributed by atoms with Gasteiger partial charge in [-0.15, -0.1) is 0 Å². The zero-order chi connectivity index (χ0) is 11.3. The molecule has 0 aliphatic heterocycles. The topological polar surface area (TPSA) is 44.5 Å². The molecule has 3 nitrogen and oxygen atoms in total. The van der Waals surface area contributed by atoms with E-state index in [4.69, 9.17) is 15.2 Å².